The van der Waals surface area contributed by atoms with Crippen molar-refractivity contribution in [3.05, 3.63) is 146 Å². The fraction of sp³-hybridized carbons (Fsp3) is 0.121. The number of ketones is 3. The van der Waals surface area contributed by atoms with Gasteiger partial charge in [0.05, 0.1) is 11.0 Å². The summed E-state index contributed by atoms with van der Waals surface area (Å²) in [6.07, 6.45) is 3.75. The minimum Gasteiger partial charge on any atom is -0.352 e. The van der Waals surface area contributed by atoms with Crippen LogP contribution in [0.5, 0.6) is 0 Å². The molecule has 1 aliphatic carbocycles. The third-order valence-electron chi connectivity index (χ3n) is 8.56. The van der Waals surface area contributed by atoms with Gasteiger partial charge in [0.15, 0.2) is 17.3 Å². The minimum atomic E-state index is -1.66. The Kier molecular flexibility index (Phi) is 5.66. The molecule has 1 fully saturated rings. The standard InChI is InChI=1S/C33H21BrN2O5/c34-22-13-16-26-21(18-22)12-17-27-33(31(38)24-8-4-5-9-25(24)32(33)39)28(19-10-14-23(15-11-19)36(40)41)29(35(26)27)30(37)20-6-2-1-3-7-20/h1-18,27-29H/t27-,28-,29+/m0/s1. The third kappa shape index (κ3) is 3.47. The summed E-state index contributed by atoms with van der Waals surface area (Å²) < 4.78 is 0.853. The van der Waals surface area contributed by atoms with Crippen molar-refractivity contribution >= 4 is 50.7 Å². The highest BCUT2D eigenvalue weighted by Crippen LogP contribution is 2.61. The second-order valence-electron chi connectivity index (χ2n) is 10.5. The molecule has 1 spiro atoms. The first-order chi connectivity index (χ1) is 19.8. The highest BCUT2D eigenvalue weighted by molar-refractivity contribution is 9.10. The molecule has 7 rings (SSSR count). The first-order valence-corrected chi connectivity index (χ1v) is 13.9. The molecule has 2 aliphatic heterocycles. The van der Waals surface area contributed by atoms with Gasteiger partial charge in [0.25, 0.3) is 5.69 Å². The van der Waals surface area contributed by atoms with Crippen molar-refractivity contribution in [3.63, 3.8) is 0 Å². The lowest BCUT2D eigenvalue weighted by molar-refractivity contribution is -0.384. The summed E-state index contributed by atoms with van der Waals surface area (Å²) >= 11 is 3.53. The topological polar surface area (TPSA) is 97.6 Å². The molecule has 7 nitrogen and oxygen atoms in total. The van der Waals surface area contributed by atoms with Crippen LogP contribution in [0.2, 0.25) is 0 Å². The van der Waals surface area contributed by atoms with Crippen LogP contribution in [0.15, 0.2) is 108 Å². The Morgan fingerprint density at radius 3 is 2.12 bits per heavy atom. The van der Waals surface area contributed by atoms with Crippen LogP contribution in [0, 0.1) is 15.5 Å². The van der Waals surface area contributed by atoms with Crippen LogP contribution in [-0.4, -0.2) is 34.4 Å². The van der Waals surface area contributed by atoms with E-state index < -0.39 is 28.3 Å². The summed E-state index contributed by atoms with van der Waals surface area (Å²) in [5.74, 6) is -1.85. The number of fused-ring (bicyclic) bond motifs is 5. The van der Waals surface area contributed by atoms with Crippen LogP contribution in [0.4, 0.5) is 11.4 Å². The molecular formula is C33H21BrN2O5. The highest BCUT2D eigenvalue weighted by atomic mass is 79.9. The molecule has 0 amide bonds. The number of carbonyl (C=O) groups is 3. The molecular weight excluding hydrogens is 584 g/mol. The molecule has 0 aromatic heterocycles. The highest BCUT2D eigenvalue weighted by Gasteiger charge is 2.71. The van der Waals surface area contributed by atoms with Crippen LogP contribution >= 0.6 is 15.9 Å². The van der Waals surface area contributed by atoms with Gasteiger partial charge in [-0.15, -0.1) is 0 Å². The molecule has 0 unspecified atom stereocenters. The Morgan fingerprint density at radius 2 is 1.49 bits per heavy atom. The molecule has 0 N–H and O–H groups in total. The zero-order chi connectivity index (χ0) is 28.5. The number of non-ortho nitro benzene ring substituents is 1. The van der Waals surface area contributed by atoms with E-state index in [1.165, 1.54) is 12.1 Å². The number of rotatable bonds is 4. The van der Waals surface area contributed by atoms with E-state index in [1.807, 2.05) is 41.3 Å². The summed E-state index contributed by atoms with van der Waals surface area (Å²) in [6, 6.07) is 25.5. The van der Waals surface area contributed by atoms with E-state index in [4.69, 9.17) is 0 Å². The van der Waals surface area contributed by atoms with Crippen molar-refractivity contribution < 1.29 is 19.3 Å². The van der Waals surface area contributed by atoms with Gasteiger partial charge in [-0.1, -0.05) is 94.8 Å². The summed E-state index contributed by atoms with van der Waals surface area (Å²) in [6.45, 7) is 0. The Bertz CT molecular complexity index is 1780. The van der Waals surface area contributed by atoms with E-state index in [-0.39, 0.29) is 23.0 Å². The number of halogens is 1. The molecule has 1 saturated heterocycles. The van der Waals surface area contributed by atoms with E-state index in [9.17, 15) is 24.5 Å². The Morgan fingerprint density at radius 1 is 0.854 bits per heavy atom. The SMILES string of the molecule is O=C(c1ccccc1)[C@H]1[C@H](c2ccc([N+](=O)[O-])cc2)C2(C(=O)c3ccccc3C2=O)[C@@H]2C=Cc3cc(Br)ccc3N21. The summed E-state index contributed by atoms with van der Waals surface area (Å²) in [5, 5.41) is 11.5. The third-order valence-corrected chi connectivity index (χ3v) is 9.05. The monoisotopic (exact) mass is 604 g/mol. The maximum absolute atomic E-state index is 14.6. The molecule has 3 atom stereocenters. The Balaban J connectivity index is 1.54. The lowest BCUT2D eigenvalue weighted by atomic mass is 9.64. The van der Waals surface area contributed by atoms with Crippen molar-refractivity contribution in [2.24, 2.45) is 5.41 Å². The Hall–Kier alpha value is -4.69. The van der Waals surface area contributed by atoms with Crippen molar-refractivity contribution in [1.82, 2.24) is 0 Å². The zero-order valence-corrected chi connectivity index (χ0v) is 23.0. The van der Waals surface area contributed by atoms with Crippen molar-refractivity contribution in [2.45, 2.75) is 18.0 Å². The van der Waals surface area contributed by atoms with E-state index in [0.29, 0.717) is 22.3 Å². The minimum absolute atomic E-state index is 0.119. The zero-order valence-electron chi connectivity index (χ0n) is 21.4. The van der Waals surface area contributed by atoms with Gasteiger partial charge < -0.3 is 4.90 Å². The molecule has 0 bridgehead atoms. The van der Waals surface area contributed by atoms with E-state index in [0.717, 1.165) is 15.7 Å². The number of carbonyl (C=O) groups excluding carboxylic acids is 3. The van der Waals surface area contributed by atoms with Gasteiger partial charge in [-0.3, -0.25) is 24.5 Å². The summed E-state index contributed by atoms with van der Waals surface area (Å²) in [7, 11) is 0. The second-order valence-corrected chi connectivity index (χ2v) is 11.4. The van der Waals surface area contributed by atoms with Gasteiger partial charge in [0.2, 0.25) is 0 Å². The fourth-order valence-electron chi connectivity index (χ4n) is 6.90. The number of hydrogen-bond acceptors (Lipinski definition) is 6. The van der Waals surface area contributed by atoms with E-state index in [2.05, 4.69) is 15.9 Å². The average Bonchev–Trinajstić information content (AvgIpc) is 3.43. The van der Waals surface area contributed by atoms with Crippen LogP contribution in [0.25, 0.3) is 6.08 Å². The molecule has 2 heterocycles. The molecule has 8 heteroatoms. The molecule has 200 valence electrons. The fourth-order valence-corrected chi connectivity index (χ4v) is 7.28. The molecule has 4 aromatic rings. The van der Waals surface area contributed by atoms with Crippen molar-refractivity contribution in [1.29, 1.82) is 0 Å². The molecule has 41 heavy (non-hydrogen) atoms. The molecule has 3 aliphatic rings. The van der Waals surface area contributed by atoms with E-state index >= 15 is 0 Å². The predicted molar refractivity (Wildman–Crippen MR) is 157 cm³/mol. The summed E-state index contributed by atoms with van der Waals surface area (Å²) in [4.78, 5) is 56.7. The number of hydrogen-bond donors (Lipinski definition) is 0. The van der Waals surface area contributed by atoms with Gasteiger partial charge in [-0.05, 0) is 29.3 Å². The number of nitrogens with zero attached hydrogens (tertiary/aromatic N) is 2. The number of benzene rings is 4. The van der Waals surface area contributed by atoms with Gasteiger partial charge in [-0.2, -0.15) is 0 Å². The normalized spacial score (nSPS) is 21.5. The predicted octanol–water partition coefficient (Wildman–Crippen LogP) is 6.67. The largest absolute Gasteiger partial charge is 0.352 e. The first-order valence-electron chi connectivity index (χ1n) is 13.1. The van der Waals surface area contributed by atoms with Gasteiger partial charge in [0, 0.05) is 44.9 Å². The maximum Gasteiger partial charge on any atom is 0.269 e. The number of anilines is 1. The van der Waals surface area contributed by atoms with Gasteiger partial charge in [0.1, 0.15) is 11.5 Å². The van der Waals surface area contributed by atoms with Crippen LogP contribution in [-0.2, 0) is 0 Å². The number of Topliss-reactive ketones (excluding diaryl/α,β-unsaturated/α-hetero) is 3. The summed E-state index contributed by atoms with van der Waals surface area (Å²) in [5.41, 5.74) is 1.42. The second kappa shape index (κ2) is 9.17. The molecule has 0 radical (unpaired) electrons. The maximum atomic E-state index is 14.6. The first kappa shape index (κ1) is 25.3. The lowest BCUT2D eigenvalue weighted by Crippen LogP contribution is -2.48. The van der Waals surface area contributed by atoms with Crippen LogP contribution in [0.3, 0.4) is 0 Å². The quantitative estimate of drug-likeness (QED) is 0.112. The van der Waals surface area contributed by atoms with Crippen molar-refractivity contribution in [2.75, 3.05) is 4.90 Å². The smallest absolute Gasteiger partial charge is 0.269 e. The molecule has 0 saturated carbocycles. The lowest BCUT2D eigenvalue weighted by Gasteiger charge is -2.37. The average molecular weight is 605 g/mol. The van der Waals surface area contributed by atoms with Crippen molar-refractivity contribution in [3.8, 4) is 0 Å². The number of nitro groups is 1. The van der Waals surface area contributed by atoms with Gasteiger partial charge >= 0.3 is 0 Å². The Labute approximate surface area is 243 Å². The number of nitro benzene ring substituents is 1. The molecule has 4 aromatic carbocycles. The van der Waals surface area contributed by atoms with Crippen LogP contribution < -0.4 is 4.90 Å². The van der Waals surface area contributed by atoms with E-state index in [1.54, 1.807) is 60.7 Å². The van der Waals surface area contributed by atoms with Gasteiger partial charge in [-0.25, -0.2) is 0 Å². The van der Waals surface area contributed by atoms with Crippen LogP contribution in [0.1, 0.15) is 48.1 Å².